The first-order valence-corrected chi connectivity index (χ1v) is 7.77. The topological polar surface area (TPSA) is 30.5 Å². The highest BCUT2D eigenvalue weighted by molar-refractivity contribution is 6.32. The van der Waals surface area contributed by atoms with Gasteiger partial charge >= 0.3 is 0 Å². The average molecular weight is 298 g/mol. The Bertz CT molecular complexity index is 417. The van der Waals surface area contributed by atoms with Crippen LogP contribution < -0.4 is 10.1 Å². The monoisotopic (exact) mass is 297 g/mol. The van der Waals surface area contributed by atoms with Crippen molar-refractivity contribution >= 4 is 11.6 Å². The first kappa shape index (κ1) is 15.6. The largest absolute Gasteiger partial charge is 0.488 e. The van der Waals surface area contributed by atoms with Gasteiger partial charge in [0.15, 0.2) is 0 Å². The van der Waals surface area contributed by atoms with Gasteiger partial charge in [-0.05, 0) is 18.5 Å². The van der Waals surface area contributed by atoms with Crippen LogP contribution in [0, 0.1) is 5.92 Å². The molecule has 0 amide bonds. The van der Waals surface area contributed by atoms with Gasteiger partial charge in [-0.3, -0.25) is 0 Å². The van der Waals surface area contributed by atoms with Gasteiger partial charge in [-0.25, -0.2) is 0 Å². The maximum absolute atomic E-state index is 6.31. The lowest BCUT2D eigenvalue weighted by Crippen LogP contribution is -2.27. The van der Waals surface area contributed by atoms with E-state index < -0.39 is 0 Å². The summed E-state index contributed by atoms with van der Waals surface area (Å²) in [5.74, 6) is 1.46. The first-order chi connectivity index (χ1) is 9.66. The summed E-state index contributed by atoms with van der Waals surface area (Å²) in [6, 6.07) is 5.95. The fourth-order valence-corrected chi connectivity index (χ4v) is 2.52. The zero-order valence-corrected chi connectivity index (χ0v) is 13.1. The molecule has 0 aromatic heterocycles. The Balaban J connectivity index is 2.01. The fourth-order valence-electron chi connectivity index (χ4n) is 2.28. The van der Waals surface area contributed by atoms with Crippen LogP contribution in [-0.2, 0) is 11.3 Å². The van der Waals surface area contributed by atoms with Gasteiger partial charge in [0, 0.05) is 24.9 Å². The van der Waals surface area contributed by atoms with Crippen molar-refractivity contribution in [2.75, 3.05) is 19.8 Å². The van der Waals surface area contributed by atoms with Crippen molar-refractivity contribution in [2.45, 2.75) is 39.3 Å². The quantitative estimate of drug-likeness (QED) is 0.869. The summed E-state index contributed by atoms with van der Waals surface area (Å²) in [4.78, 5) is 0. The van der Waals surface area contributed by atoms with Crippen LogP contribution in [-0.4, -0.2) is 25.9 Å². The van der Waals surface area contributed by atoms with Crippen LogP contribution in [0.15, 0.2) is 18.2 Å². The maximum Gasteiger partial charge on any atom is 0.142 e. The van der Waals surface area contributed by atoms with E-state index in [0.29, 0.717) is 10.9 Å². The van der Waals surface area contributed by atoms with E-state index in [4.69, 9.17) is 21.1 Å². The summed E-state index contributed by atoms with van der Waals surface area (Å²) in [5.41, 5.74) is 1.13. The van der Waals surface area contributed by atoms with Crippen LogP contribution in [0.3, 0.4) is 0 Å². The minimum absolute atomic E-state index is 0.215. The first-order valence-electron chi connectivity index (χ1n) is 7.39. The lowest BCUT2D eigenvalue weighted by atomic mass is 10.1. The molecule has 0 atom stereocenters. The van der Waals surface area contributed by atoms with E-state index in [1.165, 1.54) is 0 Å². The number of para-hydroxylation sites is 1. The molecule has 1 aromatic rings. The fraction of sp³-hybridized carbons (Fsp3) is 0.625. The third kappa shape index (κ3) is 4.65. The van der Waals surface area contributed by atoms with Gasteiger partial charge in [0.05, 0.1) is 18.2 Å². The van der Waals surface area contributed by atoms with E-state index in [1.54, 1.807) is 0 Å². The Morgan fingerprint density at radius 1 is 1.35 bits per heavy atom. The summed E-state index contributed by atoms with van der Waals surface area (Å²) >= 11 is 6.31. The molecule has 0 unspecified atom stereocenters. The van der Waals surface area contributed by atoms with Crippen LogP contribution in [0.4, 0.5) is 0 Å². The third-order valence-electron chi connectivity index (χ3n) is 3.37. The summed E-state index contributed by atoms with van der Waals surface area (Å²) < 4.78 is 11.5. The molecule has 1 saturated heterocycles. The number of halogens is 1. The zero-order chi connectivity index (χ0) is 14.4. The summed E-state index contributed by atoms with van der Waals surface area (Å²) in [6.45, 7) is 7.72. The highest BCUT2D eigenvalue weighted by Gasteiger charge is 2.18. The minimum atomic E-state index is 0.215. The second-order valence-corrected chi connectivity index (χ2v) is 6.09. The number of nitrogens with one attached hydrogen (secondary N) is 1. The molecular weight excluding hydrogens is 274 g/mol. The van der Waals surface area contributed by atoms with E-state index in [-0.39, 0.29) is 6.10 Å². The standard InChI is InChI=1S/C16H24ClNO2/c1-12(2)10-18-11-13-4-3-5-15(17)16(13)20-14-6-8-19-9-7-14/h3-5,12,14,18H,6-11H2,1-2H3. The van der Waals surface area contributed by atoms with Gasteiger partial charge in [-0.1, -0.05) is 37.6 Å². The van der Waals surface area contributed by atoms with Gasteiger partial charge in [0.2, 0.25) is 0 Å². The Morgan fingerprint density at radius 2 is 2.10 bits per heavy atom. The van der Waals surface area contributed by atoms with Crippen molar-refractivity contribution in [2.24, 2.45) is 5.92 Å². The molecule has 112 valence electrons. The minimum Gasteiger partial charge on any atom is -0.488 e. The lowest BCUT2D eigenvalue weighted by Gasteiger charge is -2.25. The number of hydrogen-bond donors (Lipinski definition) is 1. The predicted octanol–water partition coefficient (Wildman–Crippen LogP) is 3.64. The van der Waals surface area contributed by atoms with Crippen LogP contribution in [0.5, 0.6) is 5.75 Å². The highest BCUT2D eigenvalue weighted by atomic mass is 35.5. The molecule has 0 saturated carbocycles. The van der Waals surface area contributed by atoms with Crippen molar-refractivity contribution in [3.8, 4) is 5.75 Å². The van der Waals surface area contributed by atoms with Crippen molar-refractivity contribution in [3.63, 3.8) is 0 Å². The van der Waals surface area contributed by atoms with Crippen LogP contribution >= 0.6 is 11.6 Å². The molecule has 1 aliphatic rings. The molecule has 4 heteroatoms. The van der Waals surface area contributed by atoms with Crippen LogP contribution in [0.2, 0.25) is 5.02 Å². The van der Waals surface area contributed by atoms with E-state index >= 15 is 0 Å². The molecule has 0 radical (unpaired) electrons. The molecule has 1 fully saturated rings. The molecule has 1 aromatic carbocycles. The molecule has 1 N–H and O–H groups in total. The summed E-state index contributed by atoms with van der Waals surface area (Å²) in [6.07, 6.45) is 2.08. The van der Waals surface area contributed by atoms with Gasteiger partial charge in [0.25, 0.3) is 0 Å². The van der Waals surface area contributed by atoms with E-state index in [1.807, 2.05) is 12.1 Å². The zero-order valence-electron chi connectivity index (χ0n) is 12.3. The van der Waals surface area contributed by atoms with E-state index in [2.05, 4.69) is 25.2 Å². The Labute approximate surface area is 126 Å². The molecule has 0 spiro atoms. The van der Waals surface area contributed by atoms with Crippen molar-refractivity contribution in [1.82, 2.24) is 5.32 Å². The van der Waals surface area contributed by atoms with Crippen molar-refractivity contribution in [1.29, 1.82) is 0 Å². The molecule has 3 nitrogen and oxygen atoms in total. The lowest BCUT2D eigenvalue weighted by molar-refractivity contribution is 0.0252. The normalized spacial score (nSPS) is 16.6. The van der Waals surface area contributed by atoms with E-state index in [0.717, 1.165) is 50.5 Å². The SMILES string of the molecule is CC(C)CNCc1cccc(Cl)c1OC1CCOCC1. The second-order valence-electron chi connectivity index (χ2n) is 5.68. The molecular formula is C16H24ClNO2. The van der Waals surface area contributed by atoms with Crippen molar-refractivity contribution in [3.05, 3.63) is 28.8 Å². The molecule has 1 heterocycles. The van der Waals surface area contributed by atoms with E-state index in [9.17, 15) is 0 Å². The third-order valence-corrected chi connectivity index (χ3v) is 3.67. The average Bonchev–Trinajstić information content (AvgIpc) is 2.43. The van der Waals surface area contributed by atoms with Gasteiger partial charge in [-0.15, -0.1) is 0 Å². The maximum atomic E-state index is 6.31. The molecule has 1 aliphatic heterocycles. The van der Waals surface area contributed by atoms with Gasteiger partial charge in [-0.2, -0.15) is 0 Å². The number of benzene rings is 1. The van der Waals surface area contributed by atoms with Gasteiger partial charge in [0.1, 0.15) is 11.9 Å². The Kier molecular flexibility index (Phi) is 6.14. The van der Waals surface area contributed by atoms with Crippen LogP contribution in [0.25, 0.3) is 0 Å². The highest BCUT2D eigenvalue weighted by Crippen LogP contribution is 2.31. The molecule has 0 bridgehead atoms. The predicted molar refractivity (Wildman–Crippen MR) is 82.5 cm³/mol. The molecule has 0 aliphatic carbocycles. The summed E-state index contributed by atoms with van der Waals surface area (Å²) in [5, 5.41) is 4.14. The second kappa shape index (κ2) is 7.87. The number of rotatable bonds is 6. The summed E-state index contributed by atoms with van der Waals surface area (Å²) in [7, 11) is 0. The van der Waals surface area contributed by atoms with Gasteiger partial charge < -0.3 is 14.8 Å². The van der Waals surface area contributed by atoms with Crippen LogP contribution in [0.1, 0.15) is 32.3 Å². The Hall–Kier alpha value is -0.770. The van der Waals surface area contributed by atoms with Crippen molar-refractivity contribution < 1.29 is 9.47 Å². The smallest absolute Gasteiger partial charge is 0.142 e. The number of ether oxygens (including phenoxy) is 2. The number of hydrogen-bond acceptors (Lipinski definition) is 3. The molecule has 20 heavy (non-hydrogen) atoms. The molecule has 2 rings (SSSR count). The Morgan fingerprint density at radius 3 is 2.80 bits per heavy atom.